The first-order valence-corrected chi connectivity index (χ1v) is 7.26. The van der Waals surface area contributed by atoms with Crippen molar-refractivity contribution in [1.82, 2.24) is 5.32 Å². The van der Waals surface area contributed by atoms with E-state index in [4.69, 9.17) is 0 Å². The highest BCUT2D eigenvalue weighted by Crippen LogP contribution is 2.26. The predicted octanol–water partition coefficient (Wildman–Crippen LogP) is 3.09. The van der Waals surface area contributed by atoms with Crippen LogP contribution in [0.4, 0.5) is 5.69 Å². The quantitative estimate of drug-likeness (QED) is 0.869. The number of rotatable bonds is 5. The van der Waals surface area contributed by atoms with Crippen LogP contribution in [0.2, 0.25) is 0 Å². The number of anilines is 1. The first-order chi connectivity index (χ1) is 9.07. The minimum atomic E-state index is -0.254. The third-order valence-electron chi connectivity index (χ3n) is 3.74. The molecule has 0 unspecified atom stereocenters. The zero-order valence-electron chi connectivity index (χ0n) is 14.0. The third kappa shape index (κ3) is 4.50. The number of benzene rings is 1. The fraction of sp³-hybridized carbons (Fsp3) is 0.647. The Balaban J connectivity index is 2.89. The third-order valence-corrected chi connectivity index (χ3v) is 3.74. The maximum Gasteiger partial charge on any atom is 0.0658 e. The second-order valence-electron chi connectivity index (χ2n) is 7.25. The van der Waals surface area contributed by atoms with Crippen LogP contribution in [-0.4, -0.2) is 29.8 Å². The molecule has 0 aliphatic carbocycles. The normalized spacial score (nSPS) is 12.6. The lowest BCUT2D eigenvalue weighted by atomic mass is 10.0. The number of aliphatic hydroxyl groups is 1. The lowest BCUT2D eigenvalue weighted by molar-refractivity contribution is 0.216. The van der Waals surface area contributed by atoms with Crippen molar-refractivity contribution in [3.8, 4) is 0 Å². The lowest BCUT2D eigenvalue weighted by Gasteiger charge is -2.37. The molecule has 3 heteroatoms. The molecule has 1 rings (SSSR count). The Hall–Kier alpha value is -1.06. The van der Waals surface area contributed by atoms with Gasteiger partial charge < -0.3 is 15.3 Å². The molecule has 114 valence electrons. The molecule has 3 nitrogen and oxygen atoms in total. The fourth-order valence-corrected chi connectivity index (χ4v) is 2.00. The van der Waals surface area contributed by atoms with E-state index in [0.29, 0.717) is 0 Å². The minimum Gasteiger partial charge on any atom is -0.394 e. The summed E-state index contributed by atoms with van der Waals surface area (Å²) in [7, 11) is 2.03. The number of hydrogen-bond acceptors (Lipinski definition) is 3. The minimum absolute atomic E-state index is 0.127. The van der Waals surface area contributed by atoms with Crippen molar-refractivity contribution >= 4 is 5.69 Å². The molecule has 0 atom stereocenters. The smallest absolute Gasteiger partial charge is 0.0658 e. The number of nitrogens with zero attached hydrogens (tertiary/aromatic N) is 1. The maximum absolute atomic E-state index is 9.49. The highest BCUT2D eigenvalue weighted by Gasteiger charge is 2.23. The molecule has 0 aliphatic heterocycles. The van der Waals surface area contributed by atoms with Crippen LogP contribution in [-0.2, 0) is 6.54 Å². The van der Waals surface area contributed by atoms with Gasteiger partial charge in [0.05, 0.1) is 12.1 Å². The van der Waals surface area contributed by atoms with E-state index >= 15 is 0 Å². The monoisotopic (exact) mass is 278 g/mol. The van der Waals surface area contributed by atoms with Crippen molar-refractivity contribution in [3.63, 3.8) is 0 Å². The van der Waals surface area contributed by atoms with Crippen LogP contribution in [0.25, 0.3) is 0 Å². The summed E-state index contributed by atoms with van der Waals surface area (Å²) in [6, 6.07) is 6.52. The zero-order chi connectivity index (χ0) is 15.6. The molecule has 0 aliphatic rings. The van der Waals surface area contributed by atoms with Gasteiger partial charge in [0.1, 0.15) is 0 Å². The standard InChI is InChI=1S/C17H30N2O/c1-13-10-14(11-18-16(2,3)4)8-9-15(13)19(7)17(5,6)12-20/h8-10,18,20H,11-12H2,1-7H3. The second kappa shape index (κ2) is 6.15. The maximum atomic E-state index is 9.49. The largest absolute Gasteiger partial charge is 0.394 e. The SMILES string of the molecule is Cc1cc(CNC(C)(C)C)ccc1N(C)C(C)(C)CO. The molecule has 0 spiro atoms. The number of aliphatic hydroxyl groups excluding tert-OH is 1. The topological polar surface area (TPSA) is 35.5 Å². The van der Waals surface area contributed by atoms with Gasteiger partial charge in [0.25, 0.3) is 0 Å². The number of aryl methyl sites for hydroxylation is 1. The predicted molar refractivity (Wildman–Crippen MR) is 87.3 cm³/mol. The van der Waals surface area contributed by atoms with Crippen LogP contribution >= 0.6 is 0 Å². The van der Waals surface area contributed by atoms with Gasteiger partial charge in [-0.25, -0.2) is 0 Å². The Bertz CT molecular complexity index is 447. The average Bonchev–Trinajstić information content (AvgIpc) is 2.35. The molecule has 20 heavy (non-hydrogen) atoms. The van der Waals surface area contributed by atoms with E-state index in [9.17, 15) is 5.11 Å². The van der Waals surface area contributed by atoms with Gasteiger partial charge in [-0.2, -0.15) is 0 Å². The van der Waals surface area contributed by atoms with Crippen LogP contribution in [0.5, 0.6) is 0 Å². The van der Waals surface area contributed by atoms with Crippen LogP contribution < -0.4 is 10.2 Å². The van der Waals surface area contributed by atoms with E-state index in [1.807, 2.05) is 20.9 Å². The van der Waals surface area contributed by atoms with E-state index in [-0.39, 0.29) is 17.7 Å². The molecule has 1 aromatic rings. The molecule has 0 bridgehead atoms. The number of nitrogens with one attached hydrogen (secondary N) is 1. The lowest BCUT2D eigenvalue weighted by Crippen LogP contribution is -2.44. The van der Waals surface area contributed by atoms with E-state index in [0.717, 1.165) is 6.54 Å². The van der Waals surface area contributed by atoms with Gasteiger partial charge in [0, 0.05) is 24.8 Å². The van der Waals surface area contributed by atoms with Crippen LogP contribution in [0, 0.1) is 6.92 Å². The molecule has 2 N–H and O–H groups in total. The molecule has 0 amide bonds. The molecule has 0 fully saturated rings. The molecular weight excluding hydrogens is 248 g/mol. The van der Waals surface area contributed by atoms with Crippen molar-refractivity contribution < 1.29 is 5.11 Å². The van der Waals surface area contributed by atoms with Crippen LogP contribution in [0.1, 0.15) is 45.7 Å². The Morgan fingerprint density at radius 2 is 1.75 bits per heavy atom. The average molecular weight is 278 g/mol. The van der Waals surface area contributed by atoms with E-state index in [2.05, 4.69) is 56.1 Å². The van der Waals surface area contributed by atoms with Crippen molar-refractivity contribution in [2.24, 2.45) is 0 Å². The first kappa shape index (κ1) is 17.0. The van der Waals surface area contributed by atoms with E-state index < -0.39 is 0 Å². The van der Waals surface area contributed by atoms with Crippen molar-refractivity contribution in [1.29, 1.82) is 0 Å². The first-order valence-electron chi connectivity index (χ1n) is 7.26. The summed E-state index contributed by atoms with van der Waals surface area (Å²) in [5.74, 6) is 0. The van der Waals surface area contributed by atoms with Crippen LogP contribution in [0.3, 0.4) is 0 Å². The molecule has 0 heterocycles. The molecule has 0 saturated heterocycles. The van der Waals surface area contributed by atoms with E-state index in [1.165, 1.54) is 16.8 Å². The fourth-order valence-electron chi connectivity index (χ4n) is 2.00. The Morgan fingerprint density at radius 1 is 1.15 bits per heavy atom. The molecule has 0 radical (unpaired) electrons. The highest BCUT2D eigenvalue weighted by atomic mass is 16.3. The summed E-state index contributed by atoms with van der Waals surface area (Å²) in [4.78, 5) is 2.14. The van der Waals surface area contributed by atoms with E-state index in [1.54, 1.807) is 0 Å². The number of hydrogen-bond donors (Lipinski definition) is 2. The summed E-state index contributed by atoms with van der Waals surface area (Å²) in [5, 5.41) is 13.0. The summed E-state index contributed by atoms with van der Waals surface area (Å²) in [6.45, 7) is 13.7. The highest BCUT2D eigenvalue weighted by molar-refractivity contribution is 5.55. The second-order valence-corrected chi connectivity index (χ2v) is 7.25. The van der Waals surface area contributed by atoms with Gasteiger partial charge in [-0.1, -0.05) is 12.1 Å². The molecular formula is C17H30N2O. The summed E-state index contributed by atoms with van der Waals surface area (Å²) < 4.78 is 0. The van der Waals surface area contributed by atoms with Crippen molar-refractivity contribution in [2.75, 3.05) is 18.6 Å². The van der Waals surface area contributed by atoms with Gasteiger partial charge in [0.2, 0.25) is 0 Å². The Kier molecular flexibility index (Phi) is 5.22. The summed E-state index contributed by atoms with van der Waals surface area (Å²) >= 11 is 0. The molecule has 0 saturated carbocycles. The summed E-state index contributed by atoms with van der Waals surface area (Å²) in [5.41, 5.74) is 3.57. The molecule has 0 aromatic heterocycles. The summed E-state index contributed by atoms with van der Waals surface area (Å²) in [6.07, 6.45) is 0. The van der Waals surface area contributed by atoms with Gasteiger partial charge in [-0.05, 0) is 58.7 Å². The Labute approximate surface area is 124 Å². The zero-order valence-corrected chi connectivity index (χ0v) is 14.0. The van der Waals surface area contributed by atoms with Gasteiger partial charge in [0.15, 0.2) is 0 Å². The van der Waals surface area contributed by atoms with Crippen molar-refractivity contribution in [3.05, 3.63) is 29.3 Å². The van der Waals surface area contributed by atoms with Crippen LogP contribution in [0.15, 0.2) is 18.2 Å². The van der Waals surface area contributed by atoms with Gasteiger partial charge in [-0.15, -0.1) is 0 Å². The van der Waals surface area contributed by atoms with Gasteiger partial charge >= 0.3 is 0 Å². The van der Waals surface area contributed by atoms with Gasteiger partial charge in [-0.3, -0.25) is 0 Å². The Morgan fingerprint density at radius 3 is 2.20 bits per heavy atom. The molecule has 1 aromatic carbocycles. The van der Waals surface area contributed by atoms with Crippen molar-refractivity contribution in [2.45, 2.75) is 59.2 Å². The number of likely N-dealkylation sites (N-methyl/N-ethyl adjacent to an activating group) is 1.